The van der Waals surface area contributed by atoms with Crippen LogP contribution >= 0.6 is 0 Å². The van der Waals surface area contributed by atoms with Crippen molar-refractivity contribution in [1.82, 2.24) is 10.6 Å². The molecule has 0 aromatic carbocycles. The van der Waals surface area contributed by atoms with Crippen LogP contribution in [0.4, 0.5) is 0 Å². The van der Waals surface area contributed by atoms with Gasteiger partial charge in [-0.1, -0.05) is 27.4 Å². The van der Waals surface area contributed by atoms with Crippen LogP contribution in [-0.4, -0.2) is 24.9 Å². The summed E-state index contributed by atoms with van der Waals surface area (Å²) < 4.78 is 0. The van der Waals surface area contributed by atoms with Crippen LogP contribution in [0.5, 0.6) is 0 Å². The molecular formula is C11H20N2O2. The minimum Gasteiger partial charge on any atom is -0.354 e. The Kier molecular flexibility index (Phi) is 5.67. The molecule has 0 aromatic heterocycles. The molecule has 0 aliphatic carbocycles. The van der Waals surface area contributed by atoms with Gasteiger partial charge in [-0.25, -0.2) is 0 Å². The molecule has 0 aliphatic rings. The smallest absolute Gasteiger partial charge is 0.243 e. The van der Waals surface area contributed by atoms with Crippen LogP contribution in [0.15, 0.2) is 12.7 Å². The van der Waals surface area contributed by atoms with Gasteiger partial charge in [0.05, 0.1) is 6.54 Å². The van der Waals surface area contributed by atoms with Gasteiger partial charge in [0.1, 0.15) is 0 Å². The van der Waals surface area contributed by atoms with Crippen molar-refractivity contribution < 1.29 is 9.59 Å². The Morgan fingerprint density at radius 1 is 1.33 bits per heavy atom. The summed E-state index contributed by atoms with van der Waals surface area (Å²) in [5, 5.41) is 5.18. The van der Waals surface area contributed by atoms with Gasteiger partial charge in [-0.2, -0.15) is 0 Å². The summed E-state index contributed by atoms with van der Waals surface area (Å²) in [5.74, 6) is -0.508. The maximum Gasteiger partial charge on any atom is 0.243 e. The molecule has 0 rings (SSSR count). The van der Waals surface area contributed by atoms with Gasteiger partial charge in [0.25, 0.3) is 0 Å². The highest BCUT2D eigenvalue weighted by Gasteiger charge is 2.15. The summed E-state index contributed by atoms with van der Waals surface area (Å²) in [6, 6.07) is 0. The first-order valence-electron chi connectivity index (χ1n) is 5.08. The lowest BCUT2D eigenvalue weighted by Crippen LogP contribution is -2.40. The van der Waals surface area contributed by atoms with Crippen LogP contribution < -0.4 is 10.6 Å². The van der Waals surface area contributed by atoms with Gasteiger partial charge in [0.2, 0.25) is 11.8 Å². The van der Waals surface area contributed by atoms with Crippen molar-refractivity contribution in [3.05, 3.63) is 12.7 Å². The average molecular weight is 212 g/mol. The zero-order valence-electron chi connectivity index (χ0n) is 9.72. The average Bonchev–Trinajstić information content (AvgIpc) is 2.23. The number of nitrogens with one attached hydrogen (secondary N) is 2. The standard InChI is InChI=1S/C11H20N2O2/c1-5-9(14)12-7-10(15)13-8-11(3,4)6-2/h5H,1,6-8H2,2-4H3,(H,12,14)(H,13,15). The van der Waals surface area contributed by atoms with E-state index >= 15 is 0 Å². The predicted octanol–water partition coefficient (Wildman–Crippen LogP) is 0.841. The Morgan fingerprint density at radius 2 is 1.93 bits per heavy atom. The first kappa shape index (κ1) is 13.7. The Morgan fingerprint density at radius 3 is 2.40 bits per heavy atom. The molecule has 0 saturated heterocycles. The van der Waals surface area contributed by atoms with Crippen molar-refractivity contribution in [2.75, 3.05) is 13.1 Å². The van der Waals surface area contributed by atoms with Crippen LogP contribution in [0.25, 0.3) is 0 Å². The maximum atomic E-state index is 11.3. The third kappa shape index (κ3) is 6.71. The van der Waals surface area contributed by atoms with Gasteiger partial charge >= 0.3 is 0 Å². The number of rotatable bonds is 6. The molecule has 0 aromatic rings. The number of carbonyl (C=O) groups is 2. The third-order valence-electron chi connectivity index (χ3n) is 2.33. The van der Waals surface area contributed by atoms with E-state index in [4.69, 9.17) is 0 Å². The largest absolute Gasteiger partial charge is 0.354 e. The van der Waals surface area contributed by atoms with Crippen LogP contribution in [0.2, 0.25) is 0 Å². The van der Waals surface area contributed by atoms with Gasteiger partial charge in [-0.15, -0.1) is 0 Å². The van der Waals surface area contributed by atoms with Crippen LogP contribution in [0, 0.1) is 5.41 Å². The van der Waals surface area contributed by atoms with Gasteiger partial charge in [-0.3, -0.25) is 9.59 Å². The van der Waals surface area contributed by atoms with E-state index in [0.29, 0.717) is 6.54 Å². The summed E-state index contributed by atoms with van der Waals surface area (Å²) >= 11 is 0. The van der Waals surface area contributed by atoms with E-state index in [9.17, 15) is 9.59 Å². The second-order valence-corrected chi connectivity index (χ2v) is 4.22. The summed E-state index contributed by atoms with van der Waals surface area (Å²) in [5.41, 5.74) is 0.0953. The lowest BCUT2D eigenvalue weighted by Gasteiger charge is -2.22. The van der Waals surface area contributed by atoms with Gasteiger partial charge < -0.3 is 10.6 Å². The van der Waals surface area contributed by atoms with Crippen LogP contribution in [0.3, 0.4) is 0 Å². The fourth-order valence-electron chi connectivity index (χ4n) is 0.765. The maximum absolute atomic E-state index is 11.3. The van der Waals surface area contributed by atoms with E-state index in [-0.39, 0.29) is 23.8 Å². The molecule has 4 nitrogen and oxygen atoms in total. The highest BCUT2D eigenvalue weighted by molar-refractivity contribution is 5.90. The van der Waals surface area contributed by atoms with Crippen molar-refractivity contribution in [3.63, 3.8) is 0 Å². The Bertz CT molecular complexity index is 247. The van der Waals surface area contributed by atoms with Crippen LogP contribution in [-0.2, 0) is 9.59 Å². The van der Waals surface area contributed by atoms with E-state index in [1.807, 2.05) is 0 Å². The van der Waals surface area contributed by atoms with Crippen molar-refractivity contribution in [2.24, 2.45) is 5.41 Å². The second kappa shape index (κ2) is 6.22. The molecule has 0 heterocycles. The zero-order valence-corrected chi connectivity index (χ0v) is 9.72. The molecule has 0 bridgehead atoms. The molecule has 2 amide bonds. The lowest BCUT2D eigenvalue weighted by atomic mass is 9.90. The van der Waals surface area contributed by atoms with E-state index in [1.54, 1.807) is 0 Å². The van der Waals surface area contributed by atoms with Crippen molar-refractivity contribution in [2.45, 2.75) is 27.2 Å². The third-order valence-corrected chi connectivity index (χ3v) is 2.33. The minimum atomic E-state index is -0.333. The number of hydrogen-bond donors (Lipinski definition) is 2. The molecule has 0 unspecified atom stereocenters. The van der Waals surface area contributed by atoms with Gasteiger partial charge in [-0.05, 0) is 17.9 Å². The van der Waals surface area contributed by atoms with Gasteiger partial charge in [0.15, 0.2) is 0 Å². The molecule has 2 N–H and O–H groups in total. The van der Waals surface area contributed by atoms with E-state index in [2.05, 4.69) is 38.0 Å². The highest BCUT2D eigenvalue weighted by Crippen LogP contribution is 2.17. The fraction of sp³-hybridized carbons (Fsp3) is 0.636. The van der Waals surface area contributed by atoms with Gasteiger partial charge in [0, 0.05) is 6.54 Å². The second-order valence-electron chi connectivity index (χ2n) is 4.22. The molecule has 0 saturated carbocycles. The quantitative estimate of drug-likeness (QED) is 0.641. The van der Waals surface area contributed by atoms with Crippen LogP contribution in [0.1, 0.15) is 27.2 Å². The SMILES string of the molecule is C=CC(=O)NCC(=O)NCC(C)(C)CC. The molecule has 0 aliphatic heterocycles. The molecular weight excluding hydrogens is 192 g/mol. The predicted molar refractivity (Wildman–Crippen MR) is 60.3 cm³/mol. The molecule has 0 spiro atoms. The van der Waals surface area contributed by atoms with Crippen molar-refractivity contribution in [1.29, 1.82) is 0 Å². The molecule has 15 heavy (non-hydrogen) atoms. The molecule has 0 radical (unpaired) electrons. The minimum absolute atomic E-state index is 0.00461. The van der Waals surface area contributed by atoms with Crippen molar-refractivity contribution in [3.8, 4) is 0 Å². The Hall–Kier alpha value is -1.32. The Labute approximate surface area is 91.1 Å². The Balaban J connectivity index is 3.76. The number of carbonyl (C=O) groups excluding carboxylic acids is 2. The number of hydrogen-bond acceptors (Lipinski definition) is 2. The van der Waals surface area contributed by atoms with Crippen molar-refractivity contribution >= 4 is 11.8 Å². The summed E-state index contributed by atoms with van der Waals surface area (Å²) in [6.07, 6.45) is 2.13. The summed E-state index contributed by atoms with van der Waals surface area (Å²) in [7, 11) is 0. The molecule has 86 valence electrons. The normalized spacial score (nSPS) is 10.6. The molecule has 4 heteroatoms. The monoisotopic (exact) mass is 212 g/mol. The summed E-state index contributed by atoms with van der Waals surface area (Å²) in [6.45, 7) is 10.1. The lowest BCUT2D eigenvalue weighted by molar-refractivity contribution is -0.124. The van der Waals surface area contributed by atoms with E-state index < -0.39 is 0 Å². The highest BCUT2D eigenvalue weighted by atomic mass is 16.2. The topological polar surface area (TPSA) is 58.2 Å². The van der Waals surface area contributed by atoms with E-state index in [1.165, 1.54) is 0 Å². The van der Waals surface area contributed by atoms with E-state index in [0.717, 1.165) is 12.5 Å². The summed E-state index contributed by atoms with van der Waals surface area (Å²) in [4.78, 5) is 22.0. The first-order chi connectivity index (χ1) is 6.91. The molecule has 0 atom stereocenters. The zero-order chi connectivity index (χ0) is 11.9. The fourth-order valence-corrected chi connectivity index (χ4v) is 0.765. The first-order valence-corrected chi connectivity index (χ1v) is 5.08. The molecule has 0 fully saturated rings. The number of amides is 2.